The number of benzene rings is 1. The molecule has 0 saturated heterocycles. The minimum absolute atomic E-state index is 0.624. The van der Waals surface area contributed by atoms with Crippen LogP contribution in [0.5, 0.6) is 0 Å². The lowest BCUT2D eigenvalue weighted by atomic mass is 10.1. The molecule has 0 aliphatic rings. The second-order valence-corrected chi connectivity index (χ2v) is 10.9. The number of unbranched alkanes of at least 4 members (excludes halogenated alkanes) is 3. The zero-order valence-electron chi connectivity index (χ0n) is 28.3. The Labute approximate surface area is 259 Å². The minimum atomic E-state index is 0.624. The van der Waals surface area contributed by atoms with E-state index in [2.05, 4.69) is 56.0 Å². The minimum Gasteiger partial charge on any atom is -0.382 e. The normalized spacial score (nSPS) is 11.6. The summed E-state index contributed by atoms with van der Waals surface area (Å²) in [5, 5.41) is 0. The maximum Gasteiger partial charge on any atom is 0.104 e. The Morgan fingerprint density at radius 1 is 0.524 bits per heavy atom. The fraction of sp³-hybridized carbons (Fsp3) is 0.824. The van der Waals surface area contributed by atoms with Gasteiger partial charge < -0.3 is 32.9 Å². The van der Waals surface area contributed by atoms with Gasteiger partial charge in [-0.25, -0.2) is 0 Å². The third kappa shape index (κ3) is 24.4. The molecule has 0 N–H and O–H groups in total. The molecule has 0 atom stereocenters. The van der Waals surface area contributed by atoms with Gasteiger partial charge >= 0.3 is 0 Å². The largest absolute Gasteiger partial charge is 0.382 e. The Hall–Kier alpha value is -1.10. The summed E-state index contributed by atoms with van der Waals surface area (Å²) in [4.78, 5) is 2.27. The summed E-state index contributed by atoms with van der Waals surface area (Å²) in [5.41, 5.74) is 1.51. The number of rotatable bonds is 29. The molecule has 0 aliphatic carbocycles. The average Bonchev–Trinajstić information content (AvgIpc) is 3.01. The van der Waals surface area contributed by atoms with Crippen LogP contribution in [0.15, 0.2) is 30.3 Å². The number of quaternary nitrogens is 1. The first kappa shape index (κ1) is 40.9. The zero-order valence-corrected chi connectivity index (χ0v) is 28.3. The zero-order chi connectivity index (χ0) is 31.0. The van der Waals surface area contributed by atoms with Crippen molar-refractivity contribution >= 4 is 0 Å². The summed E-state index contributed by atoms with van der Waals surface area (Å²) < 4.78 is 32.7. The van der Waals surface area contributed by atoms with Crippen LogP contribution in [0, 0.1) is 0 Å². The van der Waals surface area contributed by atoms with Crippen LogP contribution >= 0.6 is 0 Å². The van der Waals surface area contributed by atoms with Gasteiger partial charge in [-0.15, -0.1) is 0 Å². The van der Waals surface area contributed by atoms with Crippen LogP contribution in [-0.2, 0) is 35.0 Å². The first-order chi connectivity index (χ1) is 20.6. The second-order valence-electron chi connectivity index (χ2n) is 10.9. The van der Waals surface area contributed by atoms with Crippen molar-refractivity contribution < 1.29 is 32.9 Å². The molecule has 1 aromatic carbocycles. The molecule has 1 rings (SSSR count). The van der Waals surface area contributed by atoms with Gasteiger partial charge in [0.1, 0.15) is 6.54 Å². The third-order valence-electron chi connectivity index (χ3n) is 7.27. The lowest BCUT2D eigenvalue weighted by Gasteiger charge is -2.39. The van der Waals surface area contributed by atoms with Gasteiger partial charge in [0.15, 0.2) is 0 Å². The number of nitrogens with zero attached hydrogens (tertiary/aromatic N) is 2. The third-order valence-corrected chi connectivity index (χ3v) is 7.27. The van der Waals surface area contributed by atoms with Crippen LogP contribution in [0.25, 0.3) is 0 Å². The molecule has 0 spiro atoms. The summed E-state index contributed by atoms with van der Waals surface area (Å²) in [6, 6.07) is 11.1. The van der Waals surface area contributed by atoms with E-state index in [9.17, 15) is 0 Å². The molecule has 248 valence electrons. The molecule has 0 unspecified atom stereocenters. The van der Waals surface area contributed by atoms with Gasteiger partial charge in [0.05, 0.1) is 79.1 Å². The molecule has 1 aromatic rings. The van der Waals surface area contributed by atoms with Crippen LogP contribution in [0.3, 0.4) is 0 Å². The fourth-order valence-corrected chi connectivity index (χ4v) is 4.67. The number of methoxy groups -OCH3 is 3. The van der Waals surface area contributed by atoms with Gasteiger partial charge in [0.2, 0.25) is 0 Å². The molecule has 0 aromatic heterocycles. The molecule has 8 nitrogen and oxygen atoms in total. The van der Waals surface area contributed by atoms with E-state index in [1.165, 1.54) is 74.8 Å². The van der Waals surface area contributed by atoms with Gasteiger partial charge in [0, 0.05) is 46.5 Å². The Balaban J connectivity index is 0.000000803. The quantitative estimate of drug-likeness (QED) is 0.0867. The van der Waals surface area contributed by atoms with Crippen molar-refractivity contribution in [2.75, 3.05) is 120 Å². The summed E-state index contributed by atoms with van der Waals surface area (Å²) in [7, 11) is 5.01. The molecule has 0 amide bonds. The van der Waals surface area contributed by atoms with Gasteiger partial charge in [0.25, 0.3) is 0 Å². The van der Waals surface area contributed by atoms with E-state index in [0.29, 0.717) is 59.5 Å². The van der Waals surface area contributed by atoms with Crippen molar-refractivity contribution in [2.45, 2.75) is 65.8 Å². The van der Waals surface area contributed by atoms with Crippen molar-refractivity contribution in [1.29, 1.82) is 0 Å². The summed E-state index contributed by atoms with van der Waals surface area (Å²) in [6.45, 7) is 20.6. The summed E-state index contributed by atoms with van der Waals surface area (Å²) >= 11 is 0. The fourth-order valence-electron chi connectivity index (χ4n) is 4.67. The van der Waals surface area contributed by atoms with Crippen molar-refractivity contribution in [2.24, 2.45) is 0 Å². The molecular weight excluding hydrogens is 532 g/mol. The Morgan fingerprint density at radius 3 is 1.24 bits per heavy atom. The van der Waals surface area contributed by atoms with Crippen molar-refractivity contribution in [3.63, 3.8) is 0 Å². The van der Waals surface area contributed by atoms with Crippen molar-refractivity contribution in [3.05, 3.63) is 35.9 Å². The van der Waals surface area contributed by atoms with E-state index < -0.39 is 0 Å². The van der Waals surface area contributed by atoms with E-state index in [1.807, 2.05) is 0 Å². The number of ether oxygens (including phenoxy) is 6. The average molecular weight is 600 g/mol. The van der Waals surface area contributed by atoms with Crippen LogP contribution in [-0.4, -0.2) is 129 Å². The van der Waals surface area contributed by atoms with E-state index in [4.69, 9.17) is 28.4 Å². The maximum absolute atomic E-state index is 5.51. The number of hydrogen-bond acceptors (Lipinski definition) is 7. The van der Waals surface area contributed by atoms with E-state index in [-0.39, 0.29) is 0 Å². The summed E-state index contributed by atoms with van der Waals surface area (Å²) in [5.74, 6) is 0. The van der Waals surface area contributed by atoms with Crippen LogP contribution in [0.2, 0.25) is 0 Å². The predicted octanol–water partition coefficient (Wildman–Crippen LogP) is 5.68. The van der Waals surface area contributed by atoms with Gasteiger partial charge in [-0.3, -0.25) is 4.90 Å². The lowest BCUT2D eigenvalue weighted by molar-refractivity contribution is -0.941. The highest BCUT2D eigenvalue weighted by Gasteiger charge is 2.26. The molecule has 42 heavy (non-hydrogen) atoms. The van der Waals surface area contributed by atoms with Gasteiger partial charge in [-0.05, 0) is 19.3 Å². The van der Waals surface area contributed by atoms with Crippen LogP contribution in [0.1, 0.15) is 64.9 Å². The van der Waals surface area contributed by atoms with Crippen LogP contribution < -0.4 is 0 Å². The Kier molecular flexibility index (Phi) is 30.5. The maximum atomic E-state index is 5.51. The Morgan fingerprint density at radius 2 is 0.905 bits per heavy atom. The van der Waals surface area contributed by atoms with E-state index in [0.717, 1.165) is 19.6 Å². The standard InChI is InChI=1S/C19H34N.C15H33NO6/c1-4-7-15-20(16-8-5-2,17-9-6-3)18-19-13-11-10-12-14-19;1-17-10-13-20-7-4-16(5-8-21-14-11-18-2)6-9-22-15-12-19-3/h10-14H,4-9,15-18H2,1-3H3;4-15H2,1-3H3/q+1;. The van der Waals surface area contributed by atoms with E-state index in [1.54, 1.807) is 21.3 Å². The summed E-state index contributed by atoms with van der Waals surface area (Å²) in [6.07, 6.45) is 8.02. The predicted molar refractivity (Wildman–Crippen MR) is 174 cm³/mol. The lowest BCUT2D eigenvalue weighted by Crippen LogP contribution is -2.49. The molecule has 0 aliphatic heterocycles. The van der Waals surface area contributed by atoms with Gasteiger partial charge in [-0.1, -0.05) is 70.4 Å². The topological polar surface area (TPSA) is 58.6 Å². The molecule has 0 fully saturated rings. The first-order valence-electron chi connectivity index (χ1n) is 16.4. The highest BCUT2D eigenvalue weighted by atomic mass is 16.5. The van der Waals surface area contributed by atoms with Crippen molar-refractivity contribution in [1.82, 2.24) is 4.90 Å². The molecular formula is C34H67N2O6+. The molecule has 8 heteroatoms. The highest BCUT2D eigenvalue weighted by molar-refractivity contribution is 5.13. The SMILES string of the molecule is CCCC[N+](CCCC)(CCCC)Cc1ccccc1.COCCOCCN(CCOCCOC)CCOCCOC. The van der Waals surface area contributed by atoms with Crippen LogP contribution in [0.4, 0.5) is 0 Å². The molecule has 0 heterocycles. The highest BCUT2D eigenvalue weighted by Crippen LogP contribution is 2.19. The Bertz CT molecular complexity index is 597. The smallest absolute Gasteiger partial charge is 0.104 e. The monoisotopic (exact) mass is 599 g/mol. The molecule has 0 bridgehead atoms. The molecule has 0 radical (unpaired) electrons. The van der Waals surface area contributed by atoms with Crippen molar-refractivity contribution in [3.8, 4) is 0 Å². The van der Waals surface area contributed by atoms with Gasteiger partial charge in [-0.2, -0.15) is 0 Å². The first-order valence-corrected chi connectivity index (χ1v) is 16.4. The number of hydrogen-bond donors (Lipinski definition) is 0. The van der Waals surface area contributed by atoms with E-state index >= 15 is 0 Å². The molecule has 0 saturated carbocycles. The second kappa shape index (κ2) is 31.3.